The minimum Gasteiger partial charge on any atom is -0.338 e. The molecule has 0 spiro atoms. The van der Waals surface area contributed by atoms with Crippen LogP contribution in [0.4, 0.5) is 0 Å². The number of carbonyl (C=O) groups is 1. The van der Waals surface area contributed by atoms with Crippen LogP contribution in [0, 0.1) is 5.92 Å². The minimum atomic E-state index is 0.262. The standard InChI is InChI=1S/C13H17NOS/c1-9-3-4-11-10(7-9)8-12(16-11)13(15)14-5-2-6-14/h8-9H,2-7H2,1H3. The first-order valence-corrected chi connectivity index (χ1v) is 6.96. The Morgan fingerprint density at radius 1 is 1.50 bits per heavy atom. The molecule has 0 saturated carbocycles. The van der Waals surface area contributed by atoms with E-state index >= 15 is 0 Å². The zero-order chi connectivity index (χ0) is 11.1. The molecule has 16 heavy (non-hydrogen) atoms. The molecular weight excluding hydrogens is 218 g/mol. The average Bonchev–Trinajstić information content (AvgIpc) is 2.57. The number of likely N-dealkylation sites (tertiary alicyclic amines) is 1. The lowest BCUT2D eigenvalue weighted by molar-refractivity contribution is 0.0657. The molecule has 1 aliphatic heterocycles. The Kier molecular flexibility index (Phi) is 2.51. The minimum absolute atomic E-state index is 0.262. The van der Waals surface area contributed by atoms with Gasteiger partial charge in [0, 0.05) is 18.0 Å². The molecule has 0 aromatic carbocycles. The molecule has 1 aromatic rings. The van der Waals surface area contributed by atoms with Crippen molar-refractivity contribution in [3.8, 4) is 0 Å². The summed E-state index contributed by atoms with van der Waals surface area (Å²) < 4.78 is 0. The fourth-order valence-electron chi connectivity index (χ4n) is 2.49. The molecule has 1 fully saturated rings. The molecule has 3 rings (SSSR count). The molecule has 2 nitrogen and oxygen atoms in total. The Balaban J connectivity index is 1.83. The maximum absolute atomic E-state index is 12.1. The van der Waals surface area contributed by atoms with Crippen molar-refractivity contribution in [2.24, 2.45) is 5.92 Å². The van der Waals surface area contributed by atoms with Gasteiger partial charge in [-0.2, -0.15) is 0 Å². The summed E-state index contributed by atoms with van der Waals surface area (Å²) in [6, 6.07) is 2.15. The quantitative estimate of drug-likeness (QED) is 0.733. The third kappa shape index (κ3) is 1.67. The number of nitrogens with zero attached hydrogens (tertiary/aromatic N) is 1. The molecule has 1 amide bonds. The second-order valence-electron chi connectivity index (χ2n) is 5.05. The van der Waals surface area contributed by atoms with Crippen molar-refractivity contribution in [1.82, 2.24) is 4.90 Å². The summed E-state index contributed by atoms with van der Waals surface area (Å²) in [5.41, 5.74) is 1.44. The van der Waals surface area contributed by atoms with Crippen molar-refractivity contribution in [2.75, 3.05) is 13.1 Å². The highest BCUT2D eigenvalue weighted by Gasteiger charge is 2.26. The molecule has 1 aromatic heterocycles. The third-order valence-electron chi connectivity index (χ3n) is 3.68. The van der Waals surface area contributed by atoms with Gasteiger partial charge in [0.1, 0.15) is 0 Å². The van der Waals surface area contributed by atoms with Gasteiger partial charge >= 0.3 is 0 Å². The van der Waals surface area contributed by atoms with E-state index in [0.717, 1.165) is 23.9 Å². The molecule has 1 aliphatic carbocycles. The van der Waals surface area contributed by atoms with Gasteiger partial charge in [0.15, 0.2) is 0 Å². The van der Waals surface area contributed by atoms with Crippen molar-refractivity contribution in [1.29, 1.82) is 0 Å². The van der Waals surface area contributed by atoms with Crippen LogP contribution in [0.5, 0.6) is 0 Å². The van der Waals surface area contributed by atoms with E-state index in [1.807, 2.05) is 4.90 Å². The highest BCUT2D eigenvalue weighted by molar-refractivity contribution is 7.14. The number of aryl methyl sites for hydroxylation is 1. The van der Waals surface area contributed by atoms with Crippen molar-refractivity contribution < 1.29 is 4.79 Å². The Labute approximate surface area is 100 Å². The highest BCUT2D eigenvalue weighted by Crippen LogP contribution is 2.33. The van der Waals surface area contributed by atoms with Gasteiger partial charge in [-0.25, -0.2) is 0 Å². The first kappa shape index (κ1) is 10.3. The molecule has 1 saturated heterocycles. The summed E-state index contributed by atoms with van der Waals surface area (Å²) in [7, 11) is 0. The first-order chi connectivity index (χ1) is 7.74. The number of carbonyl (C=O) groups excluding carboxylic acids is 1. The topological polar surface area (TPSA) is 20.3 Å². The van der Waals surface area contributed by atoms with Crippen molar-refractivity contribution >= 4 is 17.2 Å². The molecule has 1 unspecified atom stereocenters. The zero-order valence-corrected chi connectivity index (χ0v) is 10.5. The summed E-state index contributed by atoms with van der Waals surface area (Å²) in [6.45, 7) is 4.22. The number of thiophene rings is 1. The predicted molar refractivity (Wildman–Crippen MR) is 66.0 cm³/mol. The summed E-state index contributed by atoms with van der Waals surface area (Å²) in [5, 5.41) is 0. The Morgan fingerprint density at radius 2 is 2.31 bits per heavy atom. The number of hydrogen-bond donors (Lipinski definition) is 0. The first-order valence-electron chi connectivity index (χ1n) is 6.15. The lowest BCUT2D eigenvalue weighted by Crippen LogP contribution is -2.41. The Hall–Kier alpha value is -0.830. The molecule has 0 radical (unpaired) electrons. The molecule has 3 heteroatoms. The summed E-state index contributed by atoms with van der Waals surface area (Å²) in [4.78, 5) is 16.5. The summed E-state index contributed by atoms with van der Waals surface area (Å²) in [6.07, 6.45) is 4.80. The van der Waals surface area contributed by atoms with Crippen LogP contribution in [0.3, 0.4) is 0 Å². The fraction of sp³-hybridized carbons (Fsp3) is 0.615. The van der Waals surface area contributed by atoms with E-state index in [-0.39, 0.29) is 5.91 Å². The summed E-state index contributed by atoms with van der Waals surface area (Å²) in [5.74, 6) is 1.05. The van der Waals surface area contributed by atoms with Gasteiger partial charge in [0.2, 0.25) is 0 Å². The molecule has 1 atom stereocenters. The summed E-state index contributed by atoms with van der Waals surface area (Å²) >= 11 is 1.73. The Morgan fingerprint density at radius 3 is 3.00 bits per heavy atom. The van der Waals surface area contributed by atoms with Crippen molar-refractivity contribution in [3.05, 3.63) is 21.4 Å². The average molecular weight is 235 g/mol. The maximum Gasteiger partial charge on any atom is 0.263 e. The van der Waals surface area contributed by atoms with Gasteiger partial charge in [-0.05, 0) is 43.2 Å². The van der Waals surface area contributed by atoms with Gasteiger partial charge in [0.05, 0.1) is 4.88 Å². The van der Waals surface area contributed by atoms with Crippen LogP contribution in [0.1, 0.15) is 39.9 Å². The van der Waals surface area contributed by atoms with Crippen molar-refractivity contribution in [2.45, 2.75) is 32.6 Å². The second-order valence-corrected chi connectivity index (χ2v) is 6.19. The monoisotopic (exact) mass is 235 g/mol. The van der Waals surface area contributed by atoms with E-state index in [1.54, 1.807) is 11.3 Å². The van der Waals surface area contributed by atoms with E-state index in [1.165, 1.54) is 36.1 Å². The molecule has 2 heterocycles. The molecule has 2 aliphatic rings. The van der Waals surface area contributed by atoms with Gasteiger partial charge in [-0.1, -0.05) is 6.92 Å². The van der Waals surface area contributed by atoms with Crippen LogP contribution in [-0.2, 0) is 12.8 Å². The van der Waals surface area contributed by atoms with Gasteiger partial charge in [-0.3, -0.25) is 4.79 Å². The van der Waals surface area contributed by atoms with Crippen LogP contribution in [-0.4, -0.2) is 23.9 Å². The lowest BCUT2D eigenvalue weighted by Gasteiger charge is -2.30. The smallest absolute Gasteiger partial charge is 0.263 e. The van der Waals surface area contributed by atoms with Crippen molar-refractivity contribution in [3.63, 3.8) is 0 Å². The number of amides is 1. The molecular formula is C13H17NOS. The number of hydrogen-bond acceptors (Lipinski definition) is 2. The van der Waals surface area contributed by atoms with E-state index in [4.69, 9.17) is 0 Å². The van der Waals surface area contributed by atoms with E-state index in [2.05, 4.69) is 13.0 Å². The SMILES string of the molecule is CC1CCc2sc(C(=O)N3CCC3)cc2C1. The van der Waals surface area contributed by atoms with Crippen LogP contribution < -0.4 is 0 Å². The van der Waals surface area contributed by atoms with Gasteiger partial charge in [0.25, 0.3) is 5.91 Å². The molecule has 0 bridgehead atoms. The van der Waals surface area contributed by atoms with Crippen LogP contribution >= 0.6 is 11.3 Å². The molecule has 0 N–H and O–H groups in total. The number of fused-ring (bicyclic) bond motifs is 1. The zero-order valence-electron chi connectivity index (χ0n) is 9.66. The number of rotatable bonds is 1. The van der Waals surface area contributed by atoms with E-state index in [0.29, 0.717) is 0 Å². The maximum atomic E-state index is 12.1. The predicted octanol–water partition coefficient (Wildman–Crippen LogP) is 2.72. The lowest BCUT2D eigenvalue weighted by atomic mass is 9.90. The van der Waals surface area contributed by atoms with Gasteiger partial charge in [-0.15, -0.1) is 11.3 Å². The fourth-order valence-corrected chi connectivity index (χ4v) is 3.66. The second kappa shape index (κ2) is 3.88. The van der Waals surface area contributed by atoms with Crippen LogP contribution in [0.2, 0.25) is 0 Å². The Bertz CT molecular complexity index is 420. The normalized spacial score (nSPS) is 23.8. The third-order valence-corrected chi connectivity index (χ3v) is 4.91. The van der Waals surface area contributed by atoms with Gasteiger partial charge < -0.3 is 4.90 Å². The molecule has 86 valence electrons. The van der Waals surface area contributed by atoms with E-state index in [9.17, 15) is 4.79 Å². The largest absolute Gasteiger partial charge is 0.338 e. The van der Waals surface area contributed by atoms with Crippen LogP contribution in [0.25, 0.3) is 0 Å². The van der Waals surface area contributed by atoms with E-state index < -0.39 is 0 Å². The highest BCUT2D eigenvalue weighted by atomic mass is 32.1. The van der Waals surface area contributed by atoms with Crippen LogP contribution in [0.15, 0.2) is 6.07 Å².